The first-order chi connectivity index (χ1) is 9.06. The van der Waals surface area contributed by atoms with Gasteiger partial charge >= 0.3 is 0 Å². The van der Waals surface area contributed by atoms with E-state index in [4.69, 9.17) is 23.2 Å². The van der Waals surface area contributed by atoms with E-state index in [2.05, 4.69) is 26.0 Å². The number of rotatable bonds is 2. The Bertz CT molecular complexity index is 606. The van der Waals surface area contributed by atoms with Crippen molar-refractivity contribution in [1.82, 2.24) is 0 Å². The molecule has 1 aliphatic rings. The van der Waals surface area contributed by atoms with Gasteiger partial charge in [-0.2, -0.15) is 0 Å². The zero-order valence-corrected chi connectivity index (χ0v) is 13.4. The SMILES string of the molecule is Cc1cc(Cl)c(C(Cl)c2cc3c(s2)CCC3)cc1C. The molecule has 3 rings (SSSR count). The predicted octanol–water partition coefficient (Wildman–Crippen LogP) is 5.84. The van der Waals surface area contributed by atoms with Crippen LogP contribution in [0.15, 0.2) is 18.2 Å². The maximum absolute atomic E-state index is 6.65. The maximum atomic E-state index is 6.65. The number of benzene rings is 1. The van der Waals surface area contributed by atoms with Crippen molar-refractivity contribution >= 4 is 34.5 Å². The molecule has 0 saturated carbocycles. The Morgan fingerprint density at radius 2 is 1.84 bits per heavy atom. The molecule has 1 aliphatic carbocycles. The summed E-state index contributed by atoms with van der Waals surface area (Å²) in [6.45, 7) is 4.18. The first-order valence-corrected chi connectivity index (χ1v) is 8.21. The van der Waals surface area contributed by atoms with E-state index in [1.807, 2.05) is 17.4 Å². The summed E-state index contributed by atoms with van der Waals surface area (Å²) in [5.41, 5.74) is 4.98. The van der Waals surface area contributed by atoms with Gasteiger partial charge in [-0.25, -0.2) is 0 Å². The van der Waals surface area contributed by atoms with E-state index in [1.54, 1.807) is 0 Å². The molecule has 1 heterocycles. The molecule has 19 heavy (non-hydrogen) atoms. The number of hydrogen-bond donors (Lipinski definition) is 0. The number of hydrogen-bond acceptors (Lipinski definition) is 1. The number of aryl methyl sites for hydroxylation is 4. The molecule has 1 atom stereocenters. The van der Waals surface area contributed by atoms with Crippen LogP contribution in [0.5, 0.6) is 0 Å². The van der Waals surface area contributed by atoms with E-state index in [1.165, 1.54) is 45.7 Å². The molecular weight excluding hydrogens is 295 g/mol. The van der Waals surface area contributed by atoms with E-state index < -0.39 is 0 Å². The summed E-state index contributed by atoms with van der Waals surface area (Å²) in [6.07, 6.45) is 3.71. The van der Waals surface area contributed by atoms with Gasteiger partial charge in [0.25, 0.3) is 0 Å². The van der Waals surface area contributed by atoms with Gasteiger partial charge in [-0.05, 0) is 67.5 Å². The second kappa shape index (κ2) is 5.12. The Balaban J connectivity index is 1.99. The topological polar surface area (TPSA) is 0 Å². The second-order valence-electron chi connectivity index (χ2n) is 5.27. The summed E-state index contributed by atoms with van der Waals surface area (Å²) in [5.74, 6) is 0. The third kappa shape index (κ3) is 2.44. The summed E-state index contributed by atoms with van der Waals surface area (Å²) in [6, 6.07) is 6.42. The molecule has 0 amide bonds. The van der Waals surface area contributed by atoms with Crippen LogP contribution >= 0.6 is 34.5 Å². The lowest BCUT2D eigenvalue weighted by atomic mass is 10.0. The van der Waals surface area contributed by atoms with E-state index in [9.17, 15) is 0 Å². The Hall–Kier alpha value is -0.500. The molecule has 0 nitrogen and oxygen atoms in total. The highest BCUT2D eigenvalue weighted by Crippen LogP contribution is 2.41. The van der Waals surface area contributed by atoms with Gasteiger partial charge in [-0.15, -0.1) is 22.9 Å². The molecule has 0 fully saturated rings. The molecule has 0 N–H and O–H groups in total. The van der Waals surface area contributed by atoms with Crippen molar-refractivity contribution in [1.29, 1.82) is 0 Å². The standard InChI is InChI=1S/C16H16Cl2S/c1-9-6-12(13(17)7-10(9)2)16(18)15-8-11-4-3-5-14(11)19-15/h6-8,16H,3-5H2,1-2H3. The highest BCUT2D eigenvalue weighted by Gasteiger charge is 2.21. The van der Waals surface area contributed by atoms with Crippen LogP contribution in [0.4, 0.5) is 0 Å². The molecule has 3 heteroatoms. The van der Waals surface area contributed by atoms with Crippen LogP contribution in [0, 0.1) is 13.8 Å². The molecule has 0 spiro atoms. The fourth-order valence-electron chi connectivity index (χ4n) is 2.63. The third-order valence-electron chi connectivity index (χ3n) is 3.90. The summed E-state index contributed by atoms with van der Waals surface area (Å²) < 4.78 is 0. The second-order valence-corrected chi connectivity index (χ2v) is 7.28. The van der Waals surface area contributed by atoms with Gasteiger partial charge in [0.1, 0.15) is 0 Å². The minimum atomic E-state index is -0.123. The minimum absolute atomic E-state index is 0.123. The van der Waals surface area contributed by atoms with Crippen molar-refractivity contribution in [3.05, 3.63) is 55.2 Å². The normalized spacial score (nSPS) is 15.6. The van der Waals surface area contributed by atoms with Crippen LogP contribution in [-0.4, -0.2) is 0 Å². The molecule has 0 saturated heterocycles. The van der Waals surface area contributed by atoms with Gasteiger partial charge in [0.2, 0.25) is 0 Å². The van der Waals surface area contributed by atoms with Crippen molar-refractivity contribution in [3.63, 3.8) is 0 Å². The summed E-state index contributed by atoms with van der Waals surface area (Å²) in [4.78, 5) is 2.75. The third-order valence-corrected chi connectivity index (χ3v) is 6.13. The molecule has 2 aromatic rings. The molecule has 1 aromatic carbocycles. The predicted molar refractivity (Wildman–Crippen MR) is 85.0 cm³/mol. The lowest BCUT2D eigenvalue weighted by Gasteiger charge is -2.13. The van der Waals surface area contributed by atoms with Crippen LogP contribution in [0.25, 0.3) is 0 Å². The monoisotopic (exact) mass is 310 g/mol. The van der Waals surface area contributed by atoms with Crippen LogP contribution in [0.3, 0.4) is 0 Å². The summed E-state index contributed by atoms with van der Waals surface area (Å²) in [7, 11) is 0. The van der Waals surface area contributed by atoms with Crippen molar-refractivity contribution < 1.29 is 0 Å². The van der Waals surface area contributed by atoms with Crippen LogP contribution in [-0.2, 0) is 12.8 Å². The molecule has 1 unspecified atom stereocenters. The molecule has 0 radical (unpaired) electrons. The van der Waals surface area contributed by atoms with Gasteiger partial charge in [0, 0.05) is 14.8 Å². The lowest BCUT2D eigenvalue weighted by Crippen LogP contribution is -1.94. The number of fused-ring (bicyclic) bond motifs is 1. The zero-order chi connectivity index (χ0) is 13.6. The highest BCUT2D eigenvalue weighted by atomic mass is 35.5. The zero-order valence-electron chi connectivity index (χ0n) is 11.1. The fraction of sp³-hybridized carbons (Fsp3) is 0.375. The fourth-order valence-corrected chi connectivity index (χ4v) is 4.64. The molecular formula is C16H16Cl2S. The van der Waals surface area contributed by atoms with E-state index >= 15 is 0 Å². The molecule has 0 aliphatic heterocycles. The molecule has 100 valence electrons. The van der Waals surface area contributed by atoms with Crippen molar-refractivity contribution in [2.75, 3.05) is 0 Å². The molecule has 1 aromatic heterocycles. The van der Waals surface area contributed by atoms with Crippen molar-refractivity contribution in [2.24, 2.45) is 0 Å². The van der Waals surface area contributed by atoms with E-state index in [0.29, 0.717) is 0 Å². The van der Waals surface area contributed by atoms with E-state index in [0.717, 1.165) is 10.6 Å². The van der Waals surface area contributed by atoms with Crippen LogP contribution in [0.2, 0.25) is 5.02 Å². The van der Waals surface area contributed by atoms with Crippen LogP contribution < -0.4 is 0 Å². The largest absolute Gasteiger partial charge is 0.143 e. The lowest BCUT2D eigenvalue weighted by molar-refractivity contribution is 0.913. The number of thiophene rings is 1. The Morgan fingerprint density at radius 3 is 2.58 bits per heavy atom. The van der Waals surface area contributed by atoms with Gasteiger partial charge in [0.05, 0.1) is 5.38 Å². The molecule has 0 bridgehead atoms. The van der Waals surface area contributed by atoms with Gasteiger partial charge in [0.15, 0.2) is 0 Å². The number of alkyl halides is 1. The quantitative estimate of drug-likeness (QED) is 0.612. The number of halogens is 2. The summed E-state index contributed by atoms with van der Waals surface area (Å²) >= 11 is 14.9. The highest BCUT2D eigenvalue weighted by molar-refractivity contribution is 7.12. The average molecular weight is 311 g/mol. The Labute approximate surface area is 128 Å². The first-order valence-electron chi connectivity index (χ1n) is 6.58. The van der Waals surface area contributed by atoms with Crippen LogP contribution in [0.1, 0.15) is 43.8 Å². The van der Waals surface area contributed by atoms with E-state index in [-0.39, 0.29) is 5.38 Å². The minimum Gasteiger partial charge on any atom is -0.143 e. The average Bonchev–Trinajstić information content (AvgIpc) is 2.93. The first kappa shape index (κ1) is 13.5. The smallest absolute Gasteiger partial charge is 0.0942 e. The Kier molecular flexibility index (Phi) is 3.63. The maximum Gasteiger partial charge on any atom is 0.0942 e. The van der Waals surface area contributed by atoms with Gasteiger partial charge < -0.3 is 0 Å². The van der Waals surface area contributed by atoms with Crippen molar-refractivity contribution in [2.45, 2.75) is 38.5 Å². The van der Waals surface area contributed by atoms with Crippen molar-refractivity contribution in [3.8, 4) is 0 Å². The van der Waals surface area contributed by atoms with Gasteiger partial charge in [-0.1, -0.05) is 17.7 Å². The summed E-state index contributed by atoms with van der Waals surface area (Å²) in [5, 5.41) is 0.652. The Morgan fingerprint density at radius 1 is 1.11 bits per heavy atom. The van der Waals surface area contributed by atoms with Gasteiger partial charge in [-0.3, -0.25) is 0 Å².